The summed E-state index contributed by atoms with van der Waals surface area (Å²) in [4.78, 5) is 12.9. The lowest BCUT2D eigenvalue weighted by Gasteiger charge is -2.41. The fraction of sp³-hybridized carbons (Fsp3) is 0.729. The first-order valence-corrected chi connectivity index (χ1v) is 24.6. The quantitative estimate of drug-likeness (QED) is 0.0199. The van der Waals surface area contributed by atoms with Crippen molar-refractivity contribution in [2.24, 2.45) is 0 Å². The molecule has 0 aliphatic carbocycles. The van der Waals surface area contributed by atoms with Crippen LogP contribution in [0, 0.1) is 0 Å². The molecular formula is C48H82O12S. The van der Waals surface area contributed by atoms with E-state index in [0.717, 1.165) is 57.8 Å². The molecule has 61 heavy (non-hydrogen) atoms. The van der Waals surface area contributed by atoms with Gasteiger partial charge in [-0.25, -0.2) is 4.18 Å². The third-order valence-corrected chi connectivity index (χ3v) is 10.5. The lowest BCUT2D eigenvalue weighted by atomic mass is 9.99. The van der Waals surface area contributed by atoms with Crippen LogP contribution in [0.5, 0.6) is 0 Å². The number of aliphatic hydroxyl groups is 3. The Balaban J connectivity index is 2.47. The van der Waals surface area contributed by atoms with Gasteiger partial charge < -0.3 is 34.3 Å². The zero-order chi connectivity index (χ0) is 44.7. The molecule has 4 N–H and O–H groups in total. The minimum absolute atomic E-state index is 0.0232. The minimum Gasteiger partial charge on any atom is -0.457 e. The largest absolute Gasteiger partial charge is 0.457 e. The molecule has 6 atom stereocenters. The maximum absolute atomic E-state index is 12.9. The average molecular weight is 883 g/mol. The molecule has 0 aromatic rings. The molecule has 0 saturated carbocycles. The Morgan fingerprint density at radius 3 is 1.66 bits per heavy atom. The van der Waals surface area contributed by atoms with Crippen LogP contribution in [0.2, 0.25) is 0 Å². The second-order valence-electron chi connectivity index (χ2n) is 15.6. The van der Waals surface area contributed by atoms with Crippen molar-refractivity contribution in [1.29, 1.82) is 0 Å². The predicted molar refractivity (Wildman–Crippen MR) is 243 cm³/mol. The number of esters is 1. The Kier molecular flexibility index (Phi) is 36.3. The van der Waals surface area contributed by atoms with Crippen LogP contribution >= 0.6 is 0 Å². The minimum atomic E-state index is -5.07. The Bertz CT molecular complexity index is 1340. The van der Waals surface area contributed by atoms with E-state index in [-0.39, 0.29) is 19.6 Å². The standard InChI is InChI=1S/C48H82O12S/c1-3-5-7-9-11-13-15-17-19-21-22-23-25-27-29-31-33-35-37-44(50)58-42(41-57-48-46(52)47(60-61(53,54)55)45(51)43(39-49)59-48)40-56-38-36-34-32-30-28-26-24-20-18-16-14-12-10-8-6-4-2/h6,8,12,14,18-21,26,28,32,34,42-43,45-49,51-52H,3-5,7,9-11,13,15-17,22-25,27,29-31,33,35-41H2,1-2H3,(H,53,54,55)/b8-6-,14-12-,20-18-,21-19-,28-26-,34-32-. The van der Waals surface area contributed by atoms with Crippen LogP contribution < -0.4 is 0 Å². The summed E-state index contributed by atoms with van der Waals surface area (Å²) in [5, 5.41) is 30.7. The van der Waals surface area contributed by atoms with Crippen molar-refractivity contribution in [2.45, 2.75) is 198 Å². The third kappa shape index (κ3) is 32.8. The van der Waals surface area contributed by atoms with E-state index in [1.165, 1.54) is 70.6 Å². The number of carbonyl (C=O) groups excluding carboxylic acids is 1. The van der Waals surface area contributed by atoms with Gasteiger partial charge in [0.2, 0.25) is 0 Å². The van der Waals surface area contributed by atoms with Crippen molar-refractivity contribution in [3.05, 3.63) is 72.9 Å². The van der Waals surface area contributed by atoms with Crippen LogP contribution in [0.1, 0.15) is 162 Å². The molecule has 0 bridgehead atoms. The van der Waals surface area contributed by atoms with Crippen LogP contribution in [0.25, 0.3) is 0 Å². The summed E-state index contributed by atoms with van der Waals surface area (Å²) in [6, 6.07) is 0. The molecule has 1 fully saturated rings. The number of hydrogen-bond donors (Lipinski definition) is 4. The van der Waals surface area contributed by atoms with Crippen molar-refractivity contribution in [1.82, 2.24) is 0 Å². The normalized spacial score (nSPS) is 20.8. The molecular weight excluding hydrogens is 801 g/mol. The van der Waals surface area contributed by atoms with Gasteiger partial charge in [0.25, 0.3) is 0 Å². The van der Waals surface area contributed by atoms with Gasteiger partial charge in [-0.15, -0.1) is 0 Å². The molecule has 13 heteroatoms. The van der Waals surface area contributed by atoms with Gasteiger partial charge >= 0.3 is 16.4 Å². The Labute approximate surface area is 369 Å². The monoisotopic (exact) mass is 883 g/mol. The maximum atomic E-state index is 12.9. The van der Waals surface area contributed by atoms with Gasteiger partial charge in [-0.05, 0) is 70.6 Å². The number of carbonyl (C=O) groups is 1. The van der Waals surface area contributed by atoms with E-state index < -0.39 is 59.8 Å². The molecule has 1 rings (SSSR count). The van der Waals surface area contributed by atoms with Gasteiger partial charge in [0, 0.05) is 6.42 Å². The molecule has 1 heterocycles. The van der Waals surface area contributed by atoms with Crippen molar-refractivity contribution < 1.29 is 56.2 Å². The van der Waals surface area contributed by atoms with Crippen LogP contribution in [0.4, 0.5) is 0 Å². The molecule has 1 aliphatic rings. The summed E-state index contributed by atoms with van der Waals surface area (Å²) >= 11 is 0. The maximum Gasteiger partial charge on any atom is 0.397 e. The zero-order valence-electron chi connectivity index (χ0n) is 37.4. The van der Waals surface area contributed by atoms with Crippen molar-refractivity contribution in [3.63, 3.8) is 0 Å². The van der Waals surface area contributed by atoms with Gasteiger partial charge in [-0.2, -0.15) is 8.42 Å². The van der Waals surface area contributed by atoms with E-state index in [2.05, 4.69) is 78.8 Å². The Hall–Kier alpha value is -2.46. The fourth-order valence-electron chi connectivity index (χ4n) is 6.61. The molecule has 0 aromatic carbocycles. The van der Waals surface area contributed by atoms with E-state index in [4.69, 9.17) is 23.5 Å². The van der Waals surface area contributed by atoms with Crippen LogP contribution in [-0.4, -0.2) is 97.5 Å². The number of allylic oxidation sites excluding steroid dienone is 11. The lowest BCUT2D eigenvalue weighted by molar-refractivity contribution is -0.301. The lowest BCUT2D eigenvalue weighted by Crippen LogP contribution is -2.60. The number of unbranched alkanes of at least 4 members (excludes halogenated alkanes) is 14. The molecule has 352 valence electrons. The first-order valence-electron chi connectivity index (χ1n) is 23.2. The zero-order valence-corrected chi connectivity index (χ0v) is 38.3. The van der Waals surface area contributed by atoms with Crippen molar-refractivity contribution in [3.8, 4) is 0 Å². The first kappa shape index (κ1) is 56.6. The smallest absolute Gasteiger partial charge is 0.397 e. The highest BCUT2D eigenvalue weighted by Crippen LogP contribution is 2.26. The first-order chi connectivity index (χ1) is 29.6. The number of rotatable bonds is 39. The predicted octanol–water partition coefficient (Wildman–Crippen LogP) is 9.91. The Morgan fingerprint density at radius 1 is 0.639 bits per heavy atom. The highest BCUT2D eigenvalue weighted by molar-refractivity contribution is 7.80. The highest BCUT2D eigenvalue weighted by Gasteiger charge is 2.48. The second kappa shape index (κ2) is 39.2. The summed E-state index contributed by atoms with van der Waals surface area (Å²) in [5.74, 6) is -0.431. The molecule has 0 spiro atoms. The highest BCUT2D eigenvalue weighted by atomic mass is 32.3. The molecule has 12 nitrogen and oxygen atoms in total. The van der Waals surface area contributed by atoms with Gasteiger partial charge in [0.15, 0.2) is 6.29 Å². The van der Waals surface area contributed by atoms with E-state index in [1.807, 2.05) is 12.2 Å². The molecule has 1 aliphatic heterocycles. The molecule has 0 amide bonds. The van der Waals surface area contributed by atoms with Gasteiger partial charge in [0.05, 0.1) is 26.4 Å². The Morgan fingerprint density at radius 2 is 1.13 bits per heavy atom. The van der Waals surface area contributed by atoms with Gasteiger partial charge in [0.1, 0.15) is 30.5 Å². The summed E-state index contributed by atoms with van der Waals surface area (Å²) < 4.78 is 58.9. The van der Waals surface area contributed by atoms with Gasteiger partial charge in [-0.1, -0.05) is 157 Å². The van der Waals surface area contributed by atoms with E-state index in [9.17, 15) is 28.5 Å². The fourth-order valence-corrected chi connectivity index (χ4v) is 7.12. The van der Waals surface area contributed by atoms with Gasteiger partial charge in [-0.3, -0.25) is 9.35 Å². The van der Waals surface area contributed by atoms with E-state index in [1.54, 1.807) is 0 Å². The second-order valence-corrected chi connectivity index (χ2v) is 16.7. The number of hydrogen-bond acceptors (Lipinski definition) is 11. The molecule has 6 unspecified atom stereocenters. The summed E-state index contributed by atoms with van der Waals surface area (Å²) in [5.41, 5.74) is 0. The summed E-state index contributed by atoms with van der Waals surface area (Å²) in [7, 11) is -5.07. The van der Waals surface area contributed by atoms with Crippen LogP contribution in [-0.2, 0) is 38.3 Å². The van der Waals surface area contributed by atoms with E-state index in [0.29, 0.717) is 19.4 Å². The summed E-state index contributed by atoms with van der Waals surface area (Å²) in [6.45, 7) is 3.64. The molecule has 1 saturated heterocycles. The number of ether oxygens (including phenoxy) is 4. The SMILES string of the molecule is CC/C=C\C/C=C\C/C=C\C/C=C\C/C=C\CCOCC(COC1OC(CO)C(O)C(OS(=O)(=O)O)C1O)OC(=O)CCCCCCCCC/C=C\CCCCCCCCC. The average Bonchev–Trinajstić information content (AvgIpc) is 3.23. The van der Waals surface area contributed by atoms with Crippen molar-refractivity contribution in [2.75, 3.05) is 26.4 Å². The van der Waals surface area contributed by atoms with Crippen molar-refractivity contribution >= 4 is 16.4 Å². The van der Waals surface area contributed by atoms with E-state index >= 15 is 0 Å². The van der Waals surface area contributed by atoms with Crippen LogP contribution in [0.3, 0.4) is 0 Å². The van der Waals surface area contributed by atoms with Crippen LogP contribution in [0.15, 0.2) is 72.9 Å². The topological polar surface area (TPSA) is 178 Å². The third-order valence-electron chi connectivity index (χ3n) is 10.1. The summed E-state index contributed by atoms with van der Waals surface area (Å²) in [6.07, 6.45) is 41.0. The number of aliphatic hydroxyl groups excluding tert-OH is 3. The molecule has 0 aromatic heterocycles. The molecule has 0 radical (unpaired) electrons.